The third-order valence-electron chi connectivity index (χ3n) is 2.62. The Morgan fingerprint density at radius 2 is 2.12 bits per heavy atom. The molecule has 0 saturated carbocycles. The lowest BCUT2D eigenvalue weighted by Crippen LogP contribution is -2.29. The fourth-order valence-electron chi connectivity index (χ4n) is 1.30. The second-order valence-corrected chi connectivity index (χ2v) is 4.20. The Morgan fingerprint density at radius 1 is 1.47 bits per heavy atom. The van der Waals surface area contributed by atoms with E-state index in [1.54, 1.807) is 13.2 Å². The number of hydrogen-bond donors (Lipinski definition) is 1. The Kier molecular flexibility index (Phi) is 4.72. The number of methoxy groups -OCH3 is 1. The van der Waals surface area contributed by atoms with Crippen LogP contribution in [0.15, 0.2) is 18.2 Å². The number of benzene rings is 1. The molecular weight excluding hydrogens is 244 g/mol. The van der Waals surface area contributed by atoms with Gasteiger partial charge in [0, 0.05) is 25.3 Å². The molecule has 17 heavy (non-hydrogen) atoms. The first-order chi connectivity index (χ1) is 7.95. The number of nitro groups is 1. The SMILES string of the molecule is COC(C)C(C)Nc1ccc([N+](=O)[O-])cc1Cl. The Balaban J connectivity index is 2.82. The van der Waals surface area contributed by atoms with E-state index in [2.05, 4.69) is 5.32 Å². The number of ether oxygens (including phenoxy) is 1. The van der Waals surface area contributed by atoms with Gasteiger partial charge in [0.1, 0.15) is 0 Å². The largest absolute Gasteiger partial charge is 0.380 e. The Bertz CT molecular complexity index is 412. The first-order valence-electron chi connectivity index (χ1n) is 5.19. The zero-order valence-electron chi connectivity index (χ0n) is 9.94. The van der Waals surface area contributed by atoms with Gasteiger partial charge in [-0.3, -0.25) is 10.1 Å². The average Bonchev–Trinajstić information content (AvgIpc) is 2.30. The Labute approximate surface area is 105 Å². The van der Waals surface area contributed by atoms with Crippen LogP contribution in [0.25, 0.3) is 0 Å². The van der Waals surface area contributed by atoms with Crippen molar-refractivity contribution in [1.29, 1.82) is 0 Å². The molecule has 0 aliphatic rings. The van der Waals surface area contributed by atoms with Crippen molar-refractivity contribution < 1.29 is 9.66 Å². The summed E-state index contributed by atoms with van der Waals surface area (Å²) in [4.78, 5) is 10.1. The molecule has 0 spiro atoms. The number of non-ortho nitro benzene ring substituents is 1. The monoisotopic (exact) mass is 258 g/mol. The molecule has 1 aromatic rings. The fraction of sp³-hybridized carbons (Fsp3) is 0.455. The second kappa shape index (κ2) is 5.84. The van der Waals surface area contributed by atoms with E-state index in [0.717, 1.165) is 0 Å². The van der Waals surface area contributed by atoms with Crippen LogP contribution in [-0.2, 0) is 4.74 Å². The molecule has 0 aliphatic carbocycles. The van der Waals surface area contributed by atoms with Gasteiger partial charge < -0.3 is 10.1 Å². The molecule has 0 bridgehead atoms. The van der Waals surface area contributed by atoms with E-state index in [0.29, 0.717) is 10.7 Å². The summed E-state index contributed by atoms with van der Waals surface area (Å²) in [6.07, 6.45) is 0.0151. The smallest absolute Gasteiger partial charge is 0.271 e. The molecule has 1 rings (SSSR count). The van der Waals surface area contributed by atoms with E-state index in [9.17, 15) is 10.1 Å². The summed E-state index contributed by atoms with van der Waals surface area (Å²) in [5.41, 5.74) is 0.640. The zero-order chi connectivity index (χ0) is 13.0. The minimum atomic E-state index is -0.475. The molecule has 0 aromatic heterocycles. The van der Waals surface area contributed by atoms with E-state index in [-0.39, 0.29) is 17.8 Å². The lowest BCUT2D eigenvalue weighted by Gasteiger charge is -2.21. The third kappa shape index (κ3) is 3.57. The number of nitrogens with zero attached hydrogens (tertiary/aromatic N) is 1. The number of anilines is 1. The van der Waals surface area contributed by atoms with Gasteiger partial charge in [-0.05, 0) is 19.9 Å². The highest BCUT2D eigenvalue weighted by molar-refractivity contribution is 6.33. The lowest BCUT2D eigenvalue weighted by atomic mass is 10.2. The van der Waals surface area contributed by atoms with Gasteiger partial charge in [-0.15, -0.1) is 0 Å². The van der Waals surface area contributed by atoms with Crippen LogP contribution in [0.3, 0.4) is 0 Å². The summed E-state index contributed by atoms with van der Waals surface area (Å²) in [5, 5.41) is 14.0. The summed E-state index contributed by atoms with van der Waals surface area (Å²) < 4.78 is 5.17. The topological polar surface area (TPSA) is 64.4 Å². The van der Waals surface area contributed by atoms with Crippen molar-refractivity contribution in [2.45, 2.75) is 26.0 Å². The number of rotatable bonds is 5. The molecule has 2 atom stereocenters. The predicted molar refractivity (Wildman–Crippen MR) is 67.7 cm³/mol. The summed E-state index contributed by atoms with van der Waals surface area (Å²) in [6.45, 7) is 3.88. The van der Waals surface area contributed by atoms with Gasteiger partial charge in [-0.2, -0.15) is 0 Å². The van der Waals surface area contributed by atoms with Crippen LogP contribution < -0.4 is 5.32 Å². The van der Waals surface area contributed by atoms with E-state index < -0.39 is 4.92 Å². The highest BCUT2D eigenvalue weighted by Gasteiger charge is 2.14. The molecule has 0 heterocycles. The van der Waals surface area contributed by atoms with Gasteiger partial charge >= 0.3 is 0 Å². The first kappa shape index (κ1) is 13.7. The highest BCUT2D eigenvalue weighted by Crippen LogP contribution is 2.27. The Morgan fingerprint density at radius 3 is 2.59 bits per heavy atom. The van der Waals surface area contributed by atoms with Crippen molar-refractivity contribution in [2.75, 3.05) is 12.4 Å². The highest BCUT2D eigenvalue weighted by atomic mass is 35.5. The Hall–Kier alpha value is -1.33. The summed E-state index contributed by atoms with van der Waals surface area (Å²) >= 11 is 5.96. The van der Waals surface area contributed by atoms with E-state index in [4.69, 9.17) is 16.3 Å². The average molecular weight is 259 g/mol. The molecule has 1 N–H and O–H groups in total. The molecule has 0 amide bonds. The maximum absolute atomic E-state index is 10.5. The normalized spacial score (nSPS) is 14.1. The number of nitrogens with one attached hydrogen (secondary N) is 1. The van der Waals surface area contributed by atoms with Crippen molar-refractivity contribution in [3.8, 4) is 0 Å². The summed E-state index contributed by atoms with van der Waals surface area (Å²) in [7, 11) is 1.63. The van der Waals surface area contributed by atoms with Crippen LogP contribution in [0.2, 0.25) is 5.02 Å². The molecule has 1 aromatic carbocycles. The number of halogens is 1. The van der Waals surface area contributed by atoms with Gasteiger partial charge in [0.05, 0.1) is 21.7 Å². The predicted octanol–water partition coefficient (Wildman–Crippen LogP) is 3.08. The quantitative estimate of drug-likeness (QED) is 0.651. The van der Waals surface area contributed by atoms with Gasteiger partial charge in [-0.1, -0.05) is 11.6 Å². The standard InChI is InChI=1S/C11H15ClN2O3/c1-7(8(2)17-3)13-11-5-4-9(14(15)16)6-10(11)12/h4-8,13H,1-3H3. The molecular formula is C11H15ClN2O3. The van der Waals surface area contributed by atoms with Crippen LogP contribution in [-0.4, -0.2) is 24.2 Å². The number of nitro benzene ring substituents is 1. The molecule has 2 unspecified atom stereocenters. The van der Waals surface area contributed by atoms with Crippen molar-refractivity contribution in [3.05, 3.63) is 33.3 Å². The minimum Gasteiger partial charge on any atom is -0.380 e. The number of hydrogen-bond acceptors (Lipinski definition) is 4. The minimum absolute atomic E-state index is 0.0151. The van der Waals surface area contributed by atoms with Crippen molar-refractivity contribution in [1.82, 2.24) is 0 Å². The van der Waals surface area contributed by atoms with Gasteiger partial charge in [0.2, 0.25) is 0 Å². The third-order valence-corrected chi connectivity index (χ3v) is 2.94. The second-order valence-electron chi connectivity index (χ2n) is 3.80. The van der Waals surface area contributed by atoms with Crippen molar-refractivity contribution in [2.24, 2.45) is 0 Å². The van der Waals surface area contributed by atoms with Gasteiger partial charge in [-0.25, -0.2) is 0 Å². The van der Waals surface area contributed by atoms with Crippen molar-refractivity contribution in [3.63, 3.8) is 0 Å². The summed E-state index contributed by atoms with van der Waals surface area (Å²) in [5.74, 6) is 0. The lowest BCUT2D eigenvalue weighted by molar-refractivity contribution is -0.384. The van der Waals surface area contributed by atoms with Crippen LogP contribution in [0.1, 0.15) is 13.8 Å². The molecule has 0 radical (unpaired) electrons. The molecule has 0 fully saturated rings. The maximum Gasteiger partial charge on any atom is 0.271 e. The van der Waals surface area contributed by atoms with Crippen LogP contribution in [0.5, 0.6) is 0 Å². The first-order valence-corrected chi connectivity index (χ1v) is 5.56. The zero-order valence-corrected chi connectivity index (χ0v) is 10.7. The van der Waals surface area contributed by atoms with Crippen molar-refractivity contribution >= 4 is 23.0 Å². The molecule has 6 heteroatoms. The van der Waals surface area contributed by atoms with Crippen LogP contribution in [0, 0.1) is 10.1 Å². The van der Waals surface area contributed by atoms with E-state index in [1.807, 2.05) is 13.8 Å². The fourth-order valence-corrected chi connectivity index (χ4v) is 1.53. The maximum atomic E-state index is 10.5. The summed E-state index contributed by atoms with van der Waals surface area (Å²) in [6, 6.07) is 4.39. The van der Waals surface area contributed by atoms with E-state index in [1.165, 1.54) is 12.1 Å². The molecule has 94 valence electrons. The van der Waals surface area contributed by atoms with Gasteiger partial charge in [0.15, 0.2) is 0 Å². The molecule has 0 saturated heterocycles. The van der Waals surface area contributed by atoms with Gasteiger partial charge in [0.25, 0.3) is 5.69 Å². The molecule has 0 aliphatic heterocycles. The van der Waals surface area contributed by atoms with E-state index >= 15 is 0 Å². The van der Waals surface area contributed by atoms with Crippen LogP contribution in [0.4, 0.5) is 11.4 Å². The van der Waals surface area contributed by atoms with Crippen LogP contribution >= 0.6 is 11.6 Å². The molecule has 5 nitrogen and oxygen atoms in total.